The molecule has 0 spiro atoms. The monoisotopic (exact) mass is 429 g/mol. The van der Waals surface area contributed by atoms with E-state index in [2.05, 4.69) is 15.1 Å². The van der Waals surface area contributed by atoms with Crippen LogP contribution >= 0.6 is 0 Å². The first kappa shape index (κ1) is 22.9. The summed E-state index contributed by atoms with van der Waals surface area (Å²) < 4.78 is 24.2. The molecule has 0 saturated carbocycles. The summed E-state index contributed by atoms with van der Waals surface area (Å²) in [6, 6.07) is 12.0. The number of piperazine rings is 1. The molecule has 0 atom stereocenters. The number of nitrogens with one attached hydrogen (secondary N) is 1. The van der Waals surface area contributed by atoms with Gasteiger partial charge >= 0.3 is 0 Å². The normalized spacial score (nSPS) is 14.4. The van der Waals surface area contributed by atoms with Crippen molar-refractivity contribution < 1.29 is 18.7 Å². The van der Waals surface area contributed by atoms with Crippen molar-refractivity contribution in [1.82, 2.24) is 10.2 Å². The van der Waals surface area contributed by atoms with E-state index in [1.165, 1.54) is 12.1 Å². The number of anilines is 1. The molecule has 2 aromatic rings. The van der Waals surface area contributed by atoms with Gasteiger partial charge in [0, 0.05) is 44.0 Å². The van der Waals surface area contributed by atoms with Crippen LogP contribution < -0.4 is 19.7 Å². The molecular weight excluding hydrogens is 397 g/mol. The Hall–Kier alpha value is -2.80. The molecule has 0 aromatic heterocycles. The third-order valence-corrected chi connectivity index (χ3v) is 5.31. The van der Waals surface area contributed by atoms with Gasteiger partial charge in [-0.3, -0.25) is 9.69 Å². The van der Waals surface area contributed by atoms with Gasteiger partial charge in [0.1, 0.15) is 5.82 Å². The highest BCUT2D eigenvalue weighted by Gasteiger charge is 2.17. The minimum atomic E-state index is -0.205. The summed E-state index contributed by atoms with van der Waals surface area (Å²) in [6.07, 6.45) is 0.887. The van der Waals surface area contributed by atoms with Crippen molar-refractivity contribution in [2.24, 2.45) is 0 Å². The van der Waals surface area contributed by atoms with E-state index in [1.807, 2.05) is 26.0 Å². The van der Waals surface area contributed by atoms with Gasteiger partial charge in [-0.25, -0.2) is 4.39 Å². The van der Waals surface area contributed by atoms with Crippen LogP contribution in [0.4, 0.5) is 10.1 Å². The minimum absolute atomic E-state index is 0.106. The van der Waals surface area contributed by atoms with E-state index in [0.717, 1.165) is 44.8 Å². The number of rotatable bonds is 10. The molecule has 1 N–H and O–H groups in total. The maximum atomic E-state index is 13.1. The number of halogens is 1. The first-order valence-electron chi connectivity index (χ1n) is 11.0. The third-order valence-electron chi connectivity index (χ3n) is 5.31. The molecule has 1 amide bonds. The highest BCUT2D eigenvalue weighted by atomic mass is 19.1. The molecule has 3 rings (SSSR count). The summed E-state index contributed by atoms with van der Waals surface area (Å²) in [5, 5.41) is 2.99. The van der Waals surface area contributed by atoms with Gasteiger partial charge in [-0.1, -0.05) is 0 Å². The standard InChI is InChI=1S/C24H32FN3O3/c1-3-30-22-11-6-19(18-23(22)31-4-2)24(29)26-12-5-13-27-14-16-28(17-15-27)21-9-7-20(25)8-10-21/h6-11,18H,3-5,12-17H2,1-2H3,(H,26,29). The predicted octanol–water partition coefficient (Wildman–Crippen LogP) is 3.57. The maximum Gasteiger partial charge on any atom is 0.251 e. The quantitative estimate of drug-likeness (QED) is 0.586. The molecule has 31 heavy (non-hydrogen) atoms. The minimum Gasteiger partial charge on any atom is -0.490 e. The van der Waals surface area contributed by atoms with Gasteiger partial charge in [-0.05, 0) is 69.3 Å². The van der Waals surface area contributed by atoms with Crippen LogP contribution in [0, 0.1) is 5.82 Å². The summed E-state index contributed by atoms with van der Waals surface area (Å²) in [5.74, 6) is 0.936. The predicted molar refractivity (Wildman–Crippen MR) is 121 cm³/mol. The molecule has 6 nitrogen and oxygen atoms in total. The number of hydrogen-bond donors (Lipinski definition) is 1. The lowest BCUT2D eigenvalue weighted by Gasteiger charge is -2.36. The van der Waals surface area contributed by atoms with Crippen molar-refractivity contribution in [3.05, 3.63) is 53.8 Å². The van der Waals surface area contributed by atoms with Gasteiger partial charge in [-0.2, -0.15) is 0 Å². The zero-order chi connectivity index (χ0) is 22.1. The van der Waals surface area contributed by atoms with Crippen molar-refractivity contribution >= 4 is 11.6 Å². The number of carbonyl (C=O) groups is 1. The summed E-state index contributed by atoms with van der Waals surface area (Å²) in [7, 11) is 0. The number of carbonyl (C=O) groups excluding carboxylic acids is 1. The van der Waals surface area contributed by atoms with Gasteiger partial charge in [0.25, 0.3) is 5.91 Å². The van der Waals surface area contributed by atoms with Crippen LogP contribution in [0.15, 0.2) is 42.5 Å². The van der Waals surface area contributed by atoms with E-state index in [1.54, 1.807) is 18.2 Å². The molecule has 1 heterocycles. The average Bonchev–Trinajstić information content (AvgIpc) is 2.79. The lowest BCUT2D eigenvalue weighted by Crippen LogP contribution is -2.47. The number of nitrogens with zero attached hydrogens (tertiary/aromatic N) is 2. The molecule has 168 valence electrons. The van der Waals surface area contributed by atoms with Crippen molar-refractivity contribution in [2.75, 3.05) is 57.4 Å². The first-order chi connectivity index (χ1) is 15.1. The molecule has 7 heteroatoms. The fourth-order valence-corrected chi connectivity index (χ4v) is 3.68. The van der Waals surface area contributed by atoms with E-state index in [9.17, 15) is 9.18 Å². The lowest BCUT2D eigenvalue weighted by molar-refractivity contribution is 0.0951. The van der Waals surface area contributed by atoms with Gasteiger partial charge in [0.15, 0.2) is 11.5 Å². The van der Waals surface area contributed by atoms with E-state index >= 15 is 0 Å². The second-order valence-electron chi connectivity index (χ2n) is 7.44. The SMILES string of the molecule is CCOc1ccc(C(=O)NCCCN2CCN(c3ccc(F)cc3)CC2)cc1OCC. The lowest BCUT2D eigenvalue weighted by atomic mass is 10.2. The van der Waals surface area contributed by atoms with E-state index < -0.39 is 0 Å². The Kier molecular flexibility index (Phi) is 8.53. The molecule has 2 aromatic carbocycles. The number of benzene rings is 2. The Morgan fingerprint density at radius 1 is 0.968 bits per heavy atom. The number of amides is 1. The molecule has 0 radical (unpaired) electrons. The van der Waals surface area contributed by atoms with Crippen LogP contribution in [0.1, 0.15) is 30.6 Å². The summed E-state index contributed by atoms with van der Waals surface area (Å²) in [6.45, 7) is 10.2. The van der Waals surface area contributed by atoms with Crippen molar-refractivity contribution in [3.8, 4) is 11.5 Å². The van der Waals surface area contributed by atoms with Crippen LogP contribution in [0.2, 0.25) is 0 Å². The molecular formula is C24H32FN3O3. The van der Waals surface area contributed by atoms with Gasteiger partial charge in [0.05, 0.1) is 13.2 Å². The van der Waals surface area contributed by atoms with Crippen molar-refractivity contribution in [1.29, 1.82) is 0 Å². The van der Waals surface area contributed by atoms with E-state index in [0.29, 0.717) is 36.8 Å². The van der Waals surface area contributed by atoms with Crippen molar-refractivity contribution in [3.63, 3.8) is 0 Å². The maximum absolute atomic E-state index is 13.1. The zero-order valence-electron chi connectivity index (χ0n) is 18.4. The molecule has 1 fully saturated rings. The molecule has 1 saturated heterocycles. The average molecular weight is 430 g/mol. The van der Waals surface area contributed by atoms with E-state index in [-0.39, 0.29) is 11.7 Å². The first-order valence-corrected chi connectivity index (χ1v) is 11.0. The van der Waals surface area contributed by atoms with Crippen LogP contribution in [-0.4, -0.2) is 63.3 Å². The zero-order valence-corrected chi connectivity index (χ0v) is 18.4. The van der Waals surface area contributed by atoms with Gasteiger partial charge < -0.3 is 19.7 Å². The number of ether oxygens (including phenoxy) is 2. The van der Waals surface area contributed by atoms with Crippen LogP contribution in [0.3, 0.4) is 0 Å². The fourth-order valence-electron chi connectivity index (χ4n) is 3.68. The molecule has 1 aliphatic rings. The Morgan fingerprint density at radius 3 is 2.32 bits per heavy atom. The van der Waals surface area contributed by atoms with Crippen LogP contribution in [0.5, 0.6) is 11.5 Å². The summed E-state index contributed by atoms with van der Waals surface area (Å²) in [5.41, 5.74) is 1.63. The number of hydrogen-bond acceptors (Lipinski definition) is 5. The molecule has 0 aliphatic carbocycles. The smallest absolute Gasteiger partial charge is 0.251 e. The van der Waals surface area contributed by atoms with Crippen LogP contribution in [-0.2, 0) is 0 Å². The Balaban J connectivity index is 1.39. The fraction of sp³-hybridized carbons (Fsp3) is 0.458. The highest BCUT2D eigenvalue weighted by Crippen LogP contribution is 2.28. The summed E-state index contributed by atoms with van der Waals surface area (Å²) in [4.78, 5) is 17.2. The molecule has 1 aliphatic heterocycles. The largest absolute Gasteiger partial charge is 0.490 e. The highest BCUT2D eigenvalue weighted by molar-refractivity contribution is 5.94. The van der Waals surface area contributed by atoms with Crippen LogP contribution in [0.25, 0.3) is 0 Å². The second-order valence-corrected chi connectivity index (χ2v) is 7.44. The Morgan fingerprint density at radius 2 is 1.65 bits per heavy atom. The topological polar surface area (TPSA) is 54.0 Å². The Bertz CT molecular complexity index is 836. The van der Waals surface area contributed by atoms with Gasteiger partial charge in [-0.15, -0.1) is 0 Å². The van der Waals surface area contributed by atoms with E-state index in [4.69, 9.17) is 9.47 Å². The Labute approximate surface area is 183 Å². The summed E-state index contributed by atoms with van der Waals surface area (Å²) >= 11 is 0. The molecule has 0 bridgehead atoms. The third kappa shape index (κ3) is 6.59. The van der Waals surface area contributed by atoms with Gasteiger partial charge in [0.2, 0.25) is 0 Å². The molecule has 0 unspecified atom stereocenters. The van der Waals surface area contributed by atoms with Crippen molar-refractivity contribution in [2.45, 2.75) is 20.3 Å². The second kappa shape index (κ2) is 11.6.